The third-order valence-electron chi connectivity index (χ3n) is 4.41. The Balaban J connectivity index is 2.37. The number of methoxy groups -OCH3 is 1. The molecule has 0 saturated heterocycles. The van der Waals surface area contributed by atoms with Gasteiger partial charge in [-0.15, -0.1) is 0 Å². The summed E-state index contributed by atoms with van der Waals surface area (Å²) < 4.78 is 5.37. The van der Waals surface area contributed by atoms with Gasteiger partial charge in [0, 0.05) is 7.11 Å². The van der Waals surface area contributed by atoms with Crippen molar-refractivity contribution in [1.82, 2.24) is 0 Å². The van der Waals surface area contributed by atoms with Crippen LogP contribution in [0.2, 0.25) is 0 Å². The van der Waals surface area contributed by atoms with Crippen molar-refractivity contribution in [3.63, 3.8) is 0 Å². The molecule has 0 aromatic heterocycles. The minimum absolute atomic E-state index is 0.381. The fraction of sp³-hybridized carbons (Fsp3) is 1.00. The van der Waals surface area contributed by atoms with Gasteiger partial charge < -0.3 is 9.84 Å². The molecule has 1 unspecified atom stereocenters. The van der Waals surface area contributed by atoms with Crippen LogP contribution in [0, 0.1) is 5.92 Å². The zero-order valence-corrected chi connectivity index (χ0v) is 11.9. The smallest absolute Gasteiger partial charge is 0.0652 e. The van der Waals surface area contributed by atoms with E-state index in [1.54, 1.807) is 7.11 Å². The van der Waals surface area contributed by atoms with Gasteiger partial charge in [0.15, 0.2) is 0 Å². The minimum atomic E-state index is -0.399. The predicted molar refractivity (Wildman–Crippen MR) is 72.1 cm³/mol. The average Bonchev–Trinajstić information content (AvgIpc) is 2.35. The van der Waals surface area contributed by atoms with Gasteiger partial charge in [-0.05, 0) is 38.0 Å². The van der Waals surface area contributed by atoms with Gasteiger partial charge in [0.05, 0.1) is 11.7 Å². The van der Waals surface area contributed by atoms with Crippen LogP contribution in [0.4, 0.5) is 0 Å². The van der Waals surface area contributed by atoms with Crippen molar-refractivity contribution in [2.75, 3.05) is 7.11 Å². The molecule has 1 aliphatic carbocycles. The van der Waals surface area contributed by atoms with E-state index in [4.69, 9.17) is 4.74 Å². The highest BCUT2D eigenvalue weighted by atomic mass is 16.5. The SMILES string of the molecule is CCCCC(CC)CC1(O)CCC(OC)CC1. The largest absolute Gasteiger partial charge is 0.390 e. The molecule has 0 radical (unpaired) electrons. The van der Waals surface area contributed by atoms with E-state index in [0.29, 0.717) is 12.0 Å². The molecule has 0 aromatic carbocycles. The maximum Gasteiger partial charge on any atom is 0.0652 e. The quantitative estimate of drug-likeness (QED) is 0.733. The van der Waals surface area contributed by atoms with E-state index in [-0.39, 0.29) is 0 Å². The second kappa shape index (κ2) is 7.38. The molecule has 1 atom stereocenters. The van der Waals surface area contributed by atoms with Gasteiger partial charge in [-0.3, -0.25) is 0 Å². The number of ether oxygens (including phenoxy) is 1. The van der Waals surface area contributed by atoms with Crippen LogP contribution in [0.3, 0.4) is 0 Å². The van der Waals surface area contributed by atoms with E-state index in [9.17, 15) is 5.11 Å². The number of rotatable bonds is 7. The van der Waals surface area contributed by atoms with Crippen molar-refractivity contribution in [1.29, 1.82) is 0 Å². The summed E-state index contributed by atoms with van der Waals surface area (Å²) in [7, 11) is 1.78. The number of unbranched alkanes of at least 4 members (excludes halogenated alkanes) is 1. The molecule has 17 heavy (non-hydrogen) atoms. The molecule has 2 nitrogen and oxygen atoms in total. The highest BCUT2D eigenvalue weighted by molar-refractivity contribution is 4.87. The normalized spacial score (nSPS) is 31.4. The molecule has 1 aliphatic rings. The van der Waals surface area contributed by atoms with Crippen molar-refractivity contribution in [2.24, 2.45) is 5.92 Å². The standard InChI is InChI=1S/C15H30O2/c1-4-6-7-13(5-2)12-15(16)10-8-14(17-3)9-11-15/h13-14,16H,4-12H2,1-3H3. The Morgan fingerprint density at radius 1 is 1.29 bits per heavy atom. The summed E-state index contributed by atoms with van der Waals surface area (Å²) in [6, 6.07) is 0. The van der Waals surface area contributed by atoms with Crippen LogP contribution < -0.4 is 0 Å². The lowest BCUT2D eigenvalue weighted by Gasteiger charge is -2.37. The summed E-state index contributed by atoms with van der Waals surface area (Å²) in [5, 5.41) is 10.6. The molecule has 1 rings (SSSR count). The van der Waals surface area contributed by atoms with Crippen molar-refractivity contribution in [3.05, 3.63) is 0 Å². The summed E-state index contributed by atoms with van der Waals surface area (Å²) >= 11 is 0. The summed E-state index contributed by atoms with van der Waals surface area (Å²) in [5.41, 5.74) is -0.399. The lowest BCUT2D eigenvalue weighted by molar-refractivity contribution is -0.0579. The zero-order chi connectivity index (χ0) is 12.7. The molecule has 0 bridgehead atoms. The lowest BCUT2D eigenvalue weighted by atomic mass is 9.76. The molecule has 0 heterocycles. The highest BCUT2D eigenvalue weighted by Crippen LogP contribution is 2.36. The maximum absolute atomic E-state index is 10.6. The first-order valence-corrected chi connectivity index (χ1v) is 7.38. The van der Waals surface area contributed by atoms with Gasteiger partial charge in [0.2, 0.25) is 0 Å². The second-order valence-corrected chi connectivity index (χ2v) is 5.78. The van der Waals surface area contributed by atoms with Crippen LogP contribution in [0.25, 0.3) is 0 Å². The van der Waals surface area contributed by atoms with Crippen LogP contribution in [0.5, 0.6) is 0 Å². The monoisotopic (exact) mass is 242 g/mol. The van der Waals surface area contributed by atoms with Gasteiger partial charge in [0.25, 0.3) is 0 Å². The van der Waals surface area contributed by atoms with E-state index in [0.717, 1.165) is 32.1 Å². The van der Waals surface area contributed by atoms with Crippen molar-refractivity contribution < 1.29 is 9.84 Å². The van der Waals surface area contributed by atoms with Crippen molar-refractivity contribution in [3.8, 4) is 0 Å². The van der Waals surface area contributed by atoms with Gasteiger partial charge in [-0.1, -0.05) is 39.5 Å². The summed E-state index contributed by atoms with van der Waals surface area (Å²) in [4.78, 5) is 0. The van der Waals surface area contributed by atoms with Gasteiger partial charge >= 0.3 is 0 Å². The third-order valence-corrected chi connectivity index (χ3v) is 4.41. The zero-order valence-electron chi connectivity index (χ0n) is 11.9. The number of aliphatic hydroxyl groups is 1. The van der Waals surface area contributed by atoms with Gasteiger partial charge in [0.1, 0.15) is 0 Å². The Labute approximate surface area is 107 Å². The first-order valence-electron chi connectivity index (χ1n) is 7.38. The topological polar surface area (TPSA) is 29.5 Å². The summed E-state index contributed by atoms with van der Waals surface area (Å²) in [5.74, 6) is 0.707. The van der Waals surface area contributed by atoms with Crippen LogP contribution in [-0.2, 0) is 4.74 Å². The van der Waals surface area contributed by atoms with E-state index in [1.807, 2.05) is 0 Å². The van der Waals surface area contributed by atoms with Crippen molar-refractivity contribution in [2.45, 2.75) is 83.3 Å². The van der Waals surface area contributed by atoms with Crippen molar-refractivity contribution >= 4 is 0 Å². The molecule has 0 spiro atoms. The van der Waals surface area contributed by atoms with Crippen LogP contribution in [0.1, 0.15) is 71.6 Å². The molecule has 1 N–H and O–H groups in total. The van der Waals surface area contributed by atoms with Gasteiger partial charge in [-0.25, -0.2) is 0 Å². The molecular formula is C15H30O2. The predicted octanol–water partition coefficient (Wildman–Crippen LogP) is 3.91. The first kappa shape index (κ1) is 15.0. The van der Waals surface area contributed by atoms with E-state index in [2.05, 4.69) is 13.8 Å². The molecule has 0 aliphatic heterocycles. The number of hydrogen-bond donors (Lipinski definition) is 1. The molecule has 102 valence electrons. The fourth-order valence-electron chi connectivity index (χ4n) is 3.05. The van der Waals surface area contributed by atoms with Crippen LogP contribution in [0.15, 0.2) is 0 Å². The summed E-state index contributed by atoms with van der Waals surface area (Å²) in [6.07, 6.45) is 10.3. The van der Waals surface area contributed by atoms with Crippen LogP contribution in [-0.4, -0.2) is 23.9 Å². The molecule has 2 heteroatoms. The van der Waals surface area contributed by atoms with E-state index in [1.165, 1.54) is 25.7 Å². The second-order valence-electron chi connectivity index (χ2n) is 5.78. The average molecular weight is 242 g/mol. The fourth-order valence-corrected chi connectivity index (χ4v) is 3.05. The first-order chi connectivity index (χ1) is 8.13. The van der Waals surface area contributed by atoms with E-state index >= 15 is 0 Å². The maximum atomic E-state index is 10.6. The molecule has 0 amide bonds. The Hall–Kier alpha value is -0.0800. The number of hydrogen-bond acceptors (Lipinski definition) is 2. The Bertz CT molecular complexity index is 195. The molecule has 1 fully saturated rings. The van der Waals surface area contributed by atoms with Crippen LogP contribution >= 0.6 is 0 Å². The summed E-state index contributed by atoms with van der Waals surface area (Å²) in [6.45, 7) is 4.50. The molecular weight excluding hydrogens is 212 g/mol. The minimum Gasteiger partial charge on any atom is -0.390 e. The molecule has 1 saturated carbocycles. The Kier molecular flexibility index (Phi) is 6.50. The van der Waals surface area contributed by atoms with E-state index < -0.39 is 5.60 Å². The lowest BCUT2D eigenvalue weighted by Crippen LogP contribution is -2.38. The highest BCUT2D eigenvalue weighted by Gasteiger charge is 2.34. The Morgan fingerprint density at radius 2 is 1.94 bits per heavy atom. The van der Waals surface area contributed by atoms with Gasteiger partial charge in [-0.2, -0.15) is 0 Å². The Morgan fingerprint density at radius 3 is 2.41 bits per heavy atom. The third kappa shape index (κ3) is 4.97. The molecule has 0 aromatic rings.